The van der Waals surface area contributed by atoms with E-state index in [-0.39, 0.29) is 11.6 Å². The topological polar surface area (TPSA) is 169 Å². The lowest BCUT2D eigenvalue weighted by atomic mass is 10.3. The highest BCUT2D eigenvalue weighted by atomic mass is 35.5. The number of amides is 1. The Morgan fingerprint density at radius 3 is 1.86 bits per heavy atom. The first-order chi connectivity index (χ1) is 17.7. The second-order valence-electron chi connectivity index (χ2n) is 7.45. The predicted octanol–water partition coefficient (Wildman–Crippen LogP) is 2.15. The highest BCUT2D eigenvalue weighted by molar-refractivity contribution is 6.29. The second-order valence-corrected chi connectivity index (χ2v) is 8.22. The summed E-state index contributed by atoms with van der Waals surface area (Å²) in [4.78, 5) is 38.7. The van der Waals surface area contributed by atoms with Crippen molar-refractivity contribution in [2.45, 2.75) is 33.9 Å². The fourth-order valence-electron chi connectivity index (χ4n) is 3.01. The van der Waals surface area contributed by atoms with Crippen LogP contribution in [0.3, 0.4) is 0 Å². The summed E-state index contributed by atoms with van der Waals surface area (Å²) in [6, 6.07) is 7.12. The average Bonchev–Trinajstić information content (AvgIpc) is 3.41. The number of ether oxygens (including phenoxy) is 1. The standard InChI is InChI=1S/C12H13ClN4O2.C10H11ClN6O/c1-3-19-12(18)11-15-8(2)17(16-11)7-9-4-5-14-10(13)6-9;1-6-14-9(10(18)15-12)16-17(6)5-7-2-3-13-8(11)4-7/h4-6H,3,7H2,1-2H3;2-4H,5,12H2,1H3,(H,15,18). The Morgan fingerprint density at radius 2 is 1.41 bits per heavy atom. The molecular weight excluding hydrogens is 523 g/mol. The number of hydrogen-bond donors (Lipinski definition) is 2. The molecule has 15 heteroatoms. The maximum atomic E-state index is 11.5. The number of aromatic nitrogens is 8. The molecule has 4 heterocycles. The van der Waals surface area contributed by atoms with Crippen molar-refractivity contribution >= 4 is 35.1 Å². The highest BCUT2D eigenvalue weighted by Gasteiger charge is 2.15. The van der Waals surface area contributed by atoms with Gasteiger partial charge in [-0.1, -0.05) is 23.2 Å². The van der Waals surface area contributed by atoms with Crippen LogP contribution >= 0.6 is 23.2 Å². The van der Waals surface area contributed by atoms with E-state index in [0.717, 1.165) is 11.1 Å². The second kappa shape index (κ2) is 12.9. The van der Waals surface area contributed by atoms with E-state index in [2.05, 4.69) is 30.1 Å². The molecule has 0 spiro atoms. The number of carbonyl (C=O) groups excluding carboxylic acids is 2. The molecule has 0 bridgehead atoms. The van der Waals surface area contributed by atoms with Crippen LogP contribution in [0.2, 0.25) is 10.3 Å². The van der Waals surface area contributed by atoms with Crippen LogP contribution < -0.4 is 11.3 Å². The summed E-state index contributed by atoms with van der Waals surface area (Å²) >= 11 is 11.6. The van der Waals surface area contributed by atoms with Crippen LogP contribution in [-0.4, -0.2) is 58.0 Å². The molecule has 0 atom stereocenters. The lowest BCUT2D eigenvalue weighted by Crippen LogP contribution is -2.31. The number of rotatable bonds is 7. The first-order valence-electron chi connectivity index (χ1n) is 10.9. The fraction of sp³-hybridized carbons (Fsp3) is 0.273. The average molecular weight is 547 g/mol. The zero-order chi connectivity index (χ0) is 26.9. The van der Waals surface area contributed by atoms with Crippen LogP contribution in [0.4, 0.5) is 0 Å². The molecule has 194 valence electrons. The van der Waals surface area contributed by atoms with Crippen molar-refractivity contribution in [2.24, 2.45) is 5.84 Å². The number of nitrogen functional groups attached to an aromatic ring is 1. The van der Waals surface area contributed by atoms with Gasteiger partial charge in [-0.25, -0.2) is 39.9 Å². The van der Waals surface area contributed by atoms with Gasteiger partial charge in [0.15, 0.2) is 0 Å². The number of nitrogens with zero attached hydrogens (tertiary/aromatic N) is 8. The SMILES string of the molecule is CCOC(=O)c1nc(C)n(Cc2ccnc(Cl)c2)n1.Cc1nc(C(=O)NN)nn1Cc1ccnc(Cl)c1. The van der Waals surface area contributed by atoms with Crippen molar-refractivity contribution in [3.63, 3.8) is 0 Å². The largest absolute Gasteiger partial charge is 0.460 e. The minimum atomic E-state index is -0.524. The van der Waals surface area contributed by atoms with Gasteiger partial charge >= 0.3 is 11.9 Å². The van der Waals surface area contributed by atoms with Crippen molar-refractivity contribution in [1.29, 1.82) is 0 Å². The third-order valence-corrected chi connectivity index (χ3v) is 5.17. The van der Waals surface area contributed by atoms with Crippen molar-refractivity contribution in [1.82, 2.24) is 44.9 Å². The van der Waals surface area contributed by atoms with E-state index < -0.39 is 11.9 Å². The minimum absolute atomic E-state index is 0.0372. The molecule has 37 heavy (non-hydrogen) atoms. The summed E-state index contributed by atoms with van der Waals surface area (Å²) < 4.78 is 8.07. The Labute approximate surface area is 222 Å². The van der Waals surface area contributed by atoms with Gasteiger partial charge in [0, 0.05) is 12.4 Å². The highest BCUT2D eigenvalue weighted by Crippen LogP contribution is 2.11. The number of halogens is 2. The summed E-state index contributed by atoms with van der Waals surface area (Å²) in [6.45, 7) is 6.49. The molecule has 4 aromatic rings. The number of nitrogens with one attached hydrogen (secondary N) is 1. The molecule has 0 saturated heterocycles. The first-order valence-corrected chi connectivity index (χ1v) is 11.7. The Bertz CT molecular complexity index is 1390. The van der Waals surface area contributed by atoms with Crippen LogP contribution in [0.15, 0.2) is 36.7 Å². The number of nitrogens with two attached hydrogens (primary N) is 1. The number of hydrogen-bond acceptors (Lipinski definition) is 10. The van der Waals surface area contributed by atoms with Crippen LogP contribution in [0.1, 0.15) is 50.9 Å². The van der Waals surface area contributed by atoms with Crippen molar-refractivity contribution in [3.8, 4) is 0 Å². The number of carbonyl (C=O) groups is 2. The molecule has 1 amide bonds. The van der Waals surface area contributed by atoms with Gasteiger partial charge in [-0.15, -0.1) is 10.2 Å². The van der Waals surface area contributed by atoms with Gasteiger partial charge in [0.2, 0.25) is 5.82 Å². The van der Waals surface area contributed by atoms with Crippen molar-refractivity contribution in [2.75, 3.05) is 6.61 Å². The smallest absolute Gasteiger partial charge is 0.378 e. The Balaban J connectivity index is 0.000000206. The third-order valence-electron chi connectivity index (χ3n) is 4.75. The molecule has 4 rings (SSSR count). The molecule has 0 saturated carbocycles. The maximum Gasteiger partial charge on any atom is 0.378 e. The summed E-state index contributed by atoms with van der Waals surface area (Å²) in [6.07, 6.45) is 3.23. The van der Waals surface area contributed by atoms with E-state index in [9.17, 15) is 9.59 Å². The zero-order valence-electron chi connectivity index (χ0n) is 20.2. The molecule has 0 radical (unpaired) electrons. The Morgan fingerprint density at radius 1 is 0.919 bits per heavy atom. The van der Waals surface area contributed by atoms with Gasteiger partial charge in [0.1, 0.15) is 22.0 Å². The molecule has 0 unspecified atom stereocenters. The van der Waals surface area contributed by atoms with E-state index in [1.54, 1.807) is 54.7 Å². The molecule has 0 aromatic carbocycles. The Kier molecular flexibility index (Phi) is 9.60. The van der Waals surface area contributed by atoms with Gasteiger partial charge in [0.05, 0.1) is 19.7 Å². The van der Waals surface area contributed by atoms with Gasteiger partial charge in [0.25, 0.3) is 5.82 Å². The van der Waals surface area contributed by atoms with Gasteiger partial charge in [-0.3, -0.25) is 10.2 Å². The lowest BCUT2D eigenvalue weighted by molar-refractivity contribution is 0.0511. The number of pyridine rings is 2. The summed E-state index contributed by atoms with van der Waals surface area (Å²) in [5.41, 5.74) is 3.84. The molecular formula is C22H24Cl2N10O3. The Hall–Kier alpha value is -3.94. The first kappa shape index (κ1) is 27.6. The summed E-state index contributed by atoms with van der Waals surface area (Å²) in [5, 5.41) is 9.00. The van der Waals surface area contributed by atoms with Crippen molar-refractivity contribution < 1.29 is 14.3 Å². The van der Waals surface area contributed by atoms with Crippen LogP contribution in [-0.2, 0) is 17.8 Å². The molecule has 4 aromatic heterocycles. The molecule has 3 N–H and O–H groups in total. The normalized spacial score (nSPS) is 10.4. The zero-order valence-corrected chi connectivity index (χ0v) is 21.7. The molecule has 0 aliphatic carbocycles. The van der Waals surface area contributed by atoms with E-state index in [1.165, 1.54) is 0 Å². The van der Waals surface area contributed by atoms with E-state index in [4.69, 9.17) is 33.8 Å². The van der Waals surface area contributed by atoms with Gasteiger partial charge in [-0.05, 0) is 56.2 Å². The van der Waals surface area contributed by atoms with Gasteiger partial charge < -0.3 is 4.74 Å². The van der Waals surface area contributed by atoms with Crippen LogP contribution in [0, 0.1) is 13.8 Å². The maximum absolute atomic E-state index is 11.5. The van der Waals surface area contributed by atoms with E-state index >= 15 is 0 Å². The van der Waals surface area contributed by atoms with Crippen LogP contribution in [0.25, 0.3) is 0 Å². The van der Waals surface area contributed by atoms with E-state index in [0.29, 0.717) is 41.7 Å². The fourth-order valence-corrected chi connectivity index (χ4v) is 3.40. The van der Waals surface area contributed by atoms with E-state index in [1.807, 2.05) is 17.6 Å². The molecule has 13 nitrogen and oxygen atoms in total. The number of esters is 1. The lowest BCUT2D eigenvalue weighted by Gasteiger charge is -2.03. The van der Waals surface area contributed by atoms with Crippen molar-refractivity contribution in [3.05, 3.63) is 81.4 Å². The number of aryl methyl sites for hydroxylation is 2. The molecule has 0 aliphatic heterocycles. The number of hydrazine groups is 1. The monoisotopic (exact) mass is 546 g/mol. The molecule has 0 aliphatic rings. The third kappa shape index (κ3) is 7.77. The molecule has 0 fully saturated rings. The summed E-state index contributed by atoms with van der Waals surface area (Å²) in [7, 11) is 0. The quantitative estimate of drug-likeness (QED) is 0.115. The predicted molar refractivity (Wildman–Crippen MR) is 134 cm³/mol. The van der Waals surface area contributed by atoms with Gasteiger partial charge in [-0.2, -0.15) is 0 Å². The summed E-state index contributed by atoms with van der Waals surface area (Å²) in [5.74, 6) is 5.34. The van der Waals surface area contributed by atoms with Crippen LogP contribution in [0.5, 0.6) is 0 Å². The minimum Gasteiger partial charge on any atom is -0.460 e.